The van der Waals surface area contributed by atoms with Crippen molar-refractivity contribution in [3.63, 3.8) is 0 Å². The summed E-state index contributed by atoms with van der Waals surface area (Å²) < 4.78 is 45.8. The van der Waals surface area contributed by atoms with Gasteiger partial charge in [-0.25, -0.2) is 13.6 Å². The maximum Gasteiger partial charge on any atom is 0.329 e. The second kappa shape index (κ2) is 18.6. The predicted molar refractivity (Wildman–Crippen MR) is 258 cm³/mol. The van der Waals surface area contributed by atoms with E-state index in [9.17, 15) is 24.0 Å². The molecule has 2 atom stereocenters. The number of nitrogens with one attached hydrogen (secondary N) is 2. The fraction of sp³-hybridized carbons (Fsp3) is 0.423. The third-order valence-corrected chi connectivity index (χ3v) is 15.8. The molecule has 15 nitrogen and oxygen atoms in total. The molecule has 3 saturated heterocycles. The highest BCUT2D eigenvalue weighted by Crippen LogP contribution is 2.56. The van der Waals surface area contributed by atoms with E-state index in [0.29, 0.717) is 69.8 Å². The molecule has 1 aliphatic carbocycles. The number of primary amides is 1. The number of aryl methyl sites for hydroxylation is 1. The molecule has 0 unspecified atom stereocenters. The van der Waals surface area contributed by atoms with Gasteiger partial charge in [-0.1, -0.05) is 54.9 Å². The van der Waals surface area contributed by atoms with Crippen LogP contribution in [0, 0.1) is 23.5 Å². The number of imide groups is 1. The summed E-state index contributed by atoms with van der Waals surface area (Å²) in [4.78, 5) is 69.8. The van der Waals surface area contributed by atoms with E-state index >= 15 is 8.78 Å². The zero-order valence-corrected chi connectivity index (χ0v) is 40.0. The molecule has 5 aromatic rings. The molecule has 4 aliphatic heterocycles. The minimum atomic E-state index is -1.10. The normalized spacial score (nSPS) is 22.9. The number of methoxy groups -OCH3 is 1. The molecule has 0 spiro atoms. The van der Waals surface area contributed by atoms with Gasteiger partial charge in [0, 0.05) is 111 Å². The molecule has 5 aliphatic rings. The lowest BCUT2D eigenvalue weighted by molar-refractivity contribution is -0.145. The highest BCUT2D eigenvalue weighted by atomic mass is 35.5. The summed E-state index contributed by atoms with van der Waals surface area (Å²) in [6.45, 7) is 4.78. The first-order valence-electron chi connectivity index (χ1n) is 24.0. The van der Waals surface area contributed by atoms with Crippen molar-refractivity contribution in [1.82, 2.24) is 30.2 Å². The summed E-state index contributed by atoms with van der Waals surface area (Å²) in [5, 5.41) is 11.1. The molecule has 0 radical (unpaired) electrons. The number of hydrogen-bond donors (Lipinski definition) is 3. The average Bonchev–Trinajstić information content (AvgIpc) is 3.82. The second-order valence-corrected chi connectivity index (χ2v) is 19.7. The minimum absolute atomic E-state index is 0.0200. The van der Waals surface area contributed by atoms with Gasteiger partial charge in [0.05, 0.1) is 23.2 Å². The minimum Gasteiger partial charge on any atom is -0.494 e. The summed E-state index contributed by atoms with van der Waals surface area (Å²) in [5.74, 6) is -2.80. The van der Waals surface area contributed by atoms with Crippen molar-refractivity contribution in [3.8, 4) is 22.6 Å². The Hall–Kier alpha value is -6.59. The van der Waals surface area contributed by atoms with Crippen LogP contribution in [0.4, 0.5) is 19.4 Å². The first-order valence-corrected chi connectivity index (χ1v) is 24.4. The quantitative estimate of drug-likeness (QED) is 0.124. The fourth-order valence-electron chi connectivity index (χ4n) is 11.4. The molecule has 70 heavy (non-hydrogen) atoms. The second-order valence-electron chi connectivity index (χ2n) is 19.4. The first kappa shape index (κ1) is 47.1. The van der Waals surface area contributed by atoms with Crippen LogP contribution in [0.1, 0.15) is 90.8 Å². The monoisotopic (exact) mass is 976 g/mol. The molecule has 6 amide bonds. The lowest BCUT2D eigenvalue weighted by Gasteiger charge is -2.43. The van der Waals surface area contributed by atoms with Crippen LogP contribution >= 0.6 is 11.6 Å². The van der Waals surface area contributed by atoms with Crippen molar-refractivity contribution in [2.45, 2.75) is 75.3 Å². The van der Waals surface area contributed by atoms with Gasteiger partial charge in [0.25, 0.3) is 0 Å². The van der Waals surface area contributed by atoms with Crippen LogP contribution in [-0.2, 0) is 27.0 Å². The SMILES string of the molecule is COc1ccc(C(N)=O)c(-c2c(Cl)c(F)cc3c2[C@H](C)[C@@](CNC2CCC(C(=O)N4CCC(C(=O)N5CC(c6ccc7c(N8CCC(=O)NC8=O)nn(C)c7c6)C5)CC4)CC2)(c2ccccc2)O3)c1F. The number of piperidine rings is 1. The topological polar surface area (TPSA) is 181 Å². The number of fused-ring (bicyclic) bond motifs is 2. The zero-order valence-electron chi connectivity index (χ0n) is 39.2. The Kier molecular flexibility index (Phi) is 12.5. The van der Waals surface area contributed by atoms with Gasteiger partial charge in [0.1, 0.15) is 11.6 Å². The number of benzene rings is 4. The summed E-state index contributed by atoms with van der Waals surface area (Å²) in [6.07, 6.45) is 4.31. The van der Waals surface area contributed by atoms with E-state index in [4.69, 9.17) is 26.8 Å². The average molecular weight is 978 g/mol. The van der Waals surface area contributed by atoms with Gasteiger partial charge in [-0.3, -0.25) is 34.1 Å². The smallest absolute Gasteiger partial charge is 0.329 e. The number of nitrogens with zero attached hydrogens (tertiary/aromatic N) is 5. The number of carbonyl (C=O) groups excluding carboxylic acids is 5. The Labute approximate surface area is 408 Å². The number of ether oxygens (including phenoxy) is 2. The molecule has 4 fully saturated rings. The van der Waals surface area contributed by atoms with E-state index in [0.717, 1.165) is 34.9 Å². The van der Waals surface area contributed by atoms with Crippen LogP contribution in [0.3, 0.4) is 0 Å². The summed E-state index contributed by atoms with van der Waals surface area (Å²) >= 11 is 6.69. The van der Waals surface area contributed by atoms with Crippen LogP contribution < -0.4 is 30.7 Å². The van der Waals surface area contributed by atoms with Crippen molar-refractivity contribution in [3.05, 3.63) is 106 Å². The largest absolute Gasteiger partial charge is 0.494 e. The number of halogens is 3. The summed E-state index contributed by atoms with van der Waals surface area (Å²) in [7, 11) is 3.12. The van der Waals surface area contributed by atoms with E-state index < -0.39 is 35.1 Å². The third kappa shape index (κ3) is 8.19. The molecule has 0 bridgehead atoms. The van der Waals surface area contributed by atoms with Gasteiger partial charge in [0.2, 0.25) is 23.6 Å². The van der Waals surface area contributed by atoms with Crippen molar-refractivity contribution in [2.24, 2.45) is 24.6 Å². The molecule has 5 heterocycles. The van der Waals surface area contributed by atoms with Crippen LogP contribution in [0.5, 0.6) is 11.5 Å². The molecule has 1 saturated carbocycles. The van der Waals surface area contributed by atoms with E-state index in [-0.39, 0.29) is 87.7 Å². The lowest BCUT2D eigenvalue weighted by Crippen LogP contribution is -2.53. The fourth-order valence-corrected chi connectivity index (χ4v) is 11.7. The molecule has 4 aromatic carbocycles. The van der Waals surface area contributed by atoms with Crippen molar-refractivity contribution in [2.75, 3.05) is 51.3 Å². The van der Waals surface area contributed by atoms with Crippen molar-refractivity contribution in [1.29, 1.82) is 0 Å². The molecule has 366 valence electrons. The standard InChI is InChI=1S/C52H55ClF2N8O7/c1-28-42-40(24-37(54)45(53)44(42)43-36(47(56)65)15-16-39(69-3)46(43)55)70-52(28,33-7-5-4-6-8-33)27-57-34-12-9-29(10-13-34)49(66)61-20-17-30(18-21-61)50(67)62-25-32(26-62)31-11-14-35-38(23-31)60(2)59-48(35)63-22-19-41(64)58-51(63)68/h4-8,11,14-16,23-24,28-30,32,34,57H,9-10,12-13,17-22,25-27H2,1-3H3,(H2,56,65)(H,58,64,68)/t28-,29?,34?,52-/m0/s1. The number of aromatic nitrogens is 2. The van der Waals surface area contributed by atoms with E-state index in [2.05, 4.69) is 21.8 Å². The predicted octanol–water partition coefficient (Wildman–Crippen LogP) is 7.13. The van der Waals surface area contributed by atoms with Crippen LogP contribution in [0.15, 0.2) is 66.7 Å². The number of amides is 6. The van der Waals surface area contributed by atoms with E-state index in [1.165, 1.54) is 30.2 Å². The molecular formula is C52H55ClF2N8O7. The van der Waals surface area contributed by atoms with Gasteiger partial charge in [-0.15, -0.1) is 0 Å². The van der Waals surface area contributed by atoms with E-state index in [1.807, 2.05) is 66.2 Å². The number of hydrogen-bond acceptors (Lipinski definition) is 9. The number of nitrogens with two attached hydrogens (primary N) is 1. The Morgan fingerprint density at radius 2 is 1.61 bits per heavy atom. The Bertz CT molecular complexity index is 2930. The highest BCUT2D eigenvalue weighted by molar-refractivity contribution is 6.34. The van der Waals surface area contributed by atoms with Crippen LogP contribution in [0.25, 0.3) is 22.0 Å². The number of urea groups is 1. The number of carbonyl (C=O) groups is 5. The number of anilines is 1. The number of likely N-dealkylation sites (tertiary alicyclic amines) is 2. The van der Waals surface area contributed by atoms with Crippen molar-refractivity contribution < 1.29 is 42.2 Å². The Balaban J connectivity index is 0.744. The third-order valence-electron chi connectivity index (χ3n) is 15.5. The maximum atomic E-state index is 16.2. The van der Waals surface area contributed by atoms with Crippen LogP contribution in [-0.4, -0.2) is 102 Å². The Morgan fingerprint density at radius 1 is 0.914 bits per heavy atom. The van der Waals surface area contributed by atoms with Gasteiger partial charge >= 0.3 is 6.03 Å². The molecule has 1 aromatic heterocycles. The Morgan fingerprint density at radius 3 is 2.30 bits per heavy atom. The van der Waals surface area contributed by atoms with Crippen LogP contribution in [0.2, 0.25) is 5.02 Å². The summed E-state index contributed by atoms with van der Waals surface area (Å²) in [5.41, 5.74) is 7.38. The van der Waals surface area contributed by atoms with E-state index in [1.54, 1.807) is 4.68 Å². The van der Waals surface area contributed by atoms with Gasteiger partial charge in [-0.05, 0) is 73.9 Å². The highest BCUT2D eigenvalue weighted by Gasteiger charge is 2.50. The van der Waals surface area contributed by atoms with Gasteiger partial charge in [0.15, 0.2) is 23.0 Å². The summed E-state index contributed by atoms with van der Waals surface area (Å²) in [6, 6.07) is 19.0. The molecule has 18 heteroatoms. The van der Waals surface area contributed by atoms with Gasteiger partial charge in [-0.2, -0.15) is 5.10 Å². The maximum absolute atomic E-state index is 16.2. The lowest BCUT2D eigenvalue weighted by atomic mass is 9.77. The molecule has 10 rings (SSSR count). The molecular weight excluding hydrogens is 922 g/mol. The zero-order chi connectivity index (χ0) is 49.2. The van der Waals surface area contributed by atoms with Gasteiger partial charge < -0.3 is 30.3 Å². The number of rotatable bonds is 11. The first-order chi connectivity index (χ1) is 33.7. The molecule has 4 N–H and O–H groups in total. The van der Waals surface area contributed by atoms with Crippen molar-refractivity contribution >= 4 is 58.0 Å².